The van der Waals surface area contributed by atoms with E-state index in [1.807, 2.05) is 0 Å². The number of nitro benzene ring substituents is 2. The summed E-state index contributed by atoms with van der Waals surface area (Å²) in [5.41, 5.74) is -2.52. The van der Waals surface area contributed by atoms with Gasteiger partial charge in [0.05, 0.1) is 21.9 Å². The van der Waals surface area contributed by atoms with Crippen LogP contribution in [0.2, 0.25) is 0 Å². The Bertz CT molecular complexity index is 523. The van der Waals surface area contributed by atoms with Crippen molar-refractivity contribution in [2.75, 3.05) is 18.5 Å². The smallest absolute Gasteiger partial charge is 0.299 e. The molecule has 0 spiro atoms. The normalized spacial score (nSPS) is 10.1. The maximum Gasteiger partial charge on any atom is 0.299 e. The van der Waals surface area contributed by atoms with Gasteiger partial charge in [0.2, 0.25) is 0 Å². The van der Waals surface area contributed by atoms with E-state index in [9.17, 15) is 30.1 Å². The van der Waals surface area contributed by atoms with Crippen molar-refractivity contribution in [1.82, 2.24) is 0 Å². The highest BCUT2D eigenvalue weighted by Crippen LogP contribution is 2.33. The van der Waals surface area contributed by atoms with Gasteiger partial charge >= 0.3 is 0 Å². The summed E-state index contributed by atoms with van der Waals surface area (Å²) in [6.45, 7) is -0.135. The first kappa shape index (κ1) is 15.3. The van der Waals surface area contributed by atoms with E-state index in [1.165, 1.54) is 0 Å². The molecule has 0 fully saturated rings. The van der Waals surface area contributed by atoms with Gasteiger partial charge in [-0.15, -0.1) is 0 Å². The number of nitrogens with one attached hydrogen (secondary N) is 1. The van der Waals surface area contributed by atoms with Crippen LogP contribution in [0, 0.1) is 20.2 Å². The van der Waals surface area contributed by atoms with E-state index in [-0.39, 0.29) is 25.3 Å². The third-order valence-corrected chi connectivity index (χ3v) is 2.37. The zero-order chi connectivity index (χ0) is 15.3. The Morgan fingerprint density at radius 1 is 1.25 bits per heavy atom. The van der Waals surface area contributed by atoms with Gasteiger partial charge in [-0.3, -0.25) is 20.2 Å². The second kappa shape index (κ2) is 6.43. The number of carbonyl (C=O) groups is 1. The zero-order valence-electron chi connectivity index (χ0n) is 10.1. The number of aliphatic hydroxyl groups excluding tert-OH is 1. The van der Waals surface area contributed by atoms with Crippen LogP contribution < -0.4 is 10.4 Å². The van der Waals surface area contributed by atoms with E-state index in [0.29, 0.717) is 12.1 Å². The first-order valence-corrected chi connectivity index (χ1v) is 5.41. The highest BCUT2D eigenvalue weighted by molar-refractivity contribution is 5.96. The second-order valence-electron chi connectivity index (χ2n) is 3.69. The summed E-state index contributed by atoms with van der Waals surface area (Å²) in [6.07, 6.45) is 0.223. The minimum Gasteiger partial charge on any atom is -0.545 e. The standard InChI is InChI=1S/C10H11N3O7/c14-3-1-2-11-9-7(10(15)16)4-6(12(17)18)5-8(9)13(19)20/h4-5,11,14H,1-3H2,(H,15,16)/p-1. The fraction of sp³-hybridized carbons (Fsp3) is 0.300. The topological polar surface area (TPSA) is 159 Å². The Kier molecular flexibility index (Phi) is 4.92. The van der Waals surface area contributed by atoms with E-state index in [1.54, 1.807) is 0 Å². The van der Waals surface area contributed by atoms with E-state index in [0.717, 1.165) is 0 Å². The van der Waals surface area contributed by atoms with Crippen LogP contribution >= 0.6 is 0 Å². The average Bonchev–Trinajstić information content (AvgIpc) is 2.37. The molecule has 20 heavy (non-hydrogen) atoms. The minimum atomic E-state index is -1.77. The molecule has 0 heterocycles. The lowest BCUT2D eigenvalue weighted by molar-refractivity contribution is -0.393. The molecule has 0 bridgehead atoms. The average molecular weight is 284 g/mol. The molecule has 10 heteroatoms. The van der Waals surface area contributed by atoms with E-state index >= 15 is 0 Å². The largest absolute Gasteiger partial charge is 0.545 e. The number of non-ortho nitro benzene ring substituents is 1. The van der Waals surface area contributed by atoms with Gasteiger partial charge in [0.15, 0.2) is 0 Å². The predicted octanol–water partition coefficient (Wildman–Crippen LogP) is -0.339. The van der Waals surface area contributed by atoms with Crippen LogP contribution in [0.5, 0.6) is 0 Å². The fourth-order valence-corrected chi connectivity index (χ4v) is 1.50. The molecule has 0 atom stereocenters. The van der Waals surface area contributed by atoms with E-state index < -0.39 is 32.8 Å². The number of anilines is 1. The van der Waals surface area contributed by atoms with Gasteiger partial charge in [0, 0.05) is 24.8 Å². The van der Waals surface area contributed by atoms with Crippen LogP contribution in [0.1, 0.15) is 16.8 Å². The van der Waals surface area contributed by atoms with Crippen molar-refractivity contribution in [3.63, 3.8) is 0 Å². The molecule has 0 amide bonds. The monoisotopic (exact) mass is 284 g/mol. The number of rotatable bonds is 7. The van der Waals surface area contributed by atoms with E-state index in [4.69, 9.17) is 5.11 Å². The number of carboxylic acid groups (broad SMARTS) is 1. The molecule has 0 aliphatic rings. The maximum atomic E-state index is 11.0. The molecule has 108 valence electrons. The van der Waals surface area contributed by atoms with Gasteiger partial charge in [-0.05, 0) is 6.42 Å². The van der Waals surface area contributed by atoms with Gasteiger partial charge < -0.3 is 20.3 Å². The molecule has 0 saturated carbocycles. The van der Waals surface area contributed by atoms with Crippen LogP contribution in [0.15, 0.2) is 12.1 Å². The molecule has 0 aliphatic carbocycles. The predicted molar refractivity (Wildman–Crippen MR) is 64.3 cm³/mol. The molecular weight excluding hydrogens is 274 g/mol. The van der Waals surface area contributed by atoms with Crippen molar-refractivity contribution in [3.8, 4) is 0 Å². The Balaban J connectivity index is 3.39. The van der Waals surface area contributed by atoms with Crippen molar-refractivity contribution >= 4 is 23.0 Å². The SMILES string of the molecule is O=C([O-])c1cc([N+](=O)[O-])cc([N+](=O)[O-])c1NCCCO. The molecule has 1 aromatic carbocycles. The first-order valence-electron chi connectivity index (χ1n) is 5.41. The summed E-state index contributed by atoms with van der Waals surface area (Å²) in [5, 5.41) is 43.6. The van der Waals surface area contributed by atoms with Crippen molar-refractivity contribution in [2.24, 2.45) is 0 Å². The summed E-state index contributed by atoms with van der Waals surface area (Å²) >= 11 is 0. The molecule has 0 unspecified atom stereocenters. The van der Waals surface area contributed by atoms with Crippen LogP contribution in [0.25, 0.3) is 0 Å². The van der Waals surface area contributed by atoms with Gasteiger partial charge in [-0.1, -0.05) is 0 Å². The highest BCUT2D eigenvalue weighted by atomic mass is 16.6. The molecule has 0 saturated heterocycles. The number of hydrogen-bond acceptors (Lipinski definition) is 8. The molecule has 0 aromatic heterocycles. The Morgan fingerprint density at radius 2 is 1.90 bits per heavy atom. The maximum absolute atomic E-state index is 11.0. The third kappa shape index (κ3) is 3.38. The number of aromatic carboxylic acids is 1. The van der Waals surface area contributed by atoms with Gasteiger partial charge in [-0.25, -0.2) is 0 Å². The van der Waals surface area contributed by atoms with Crippen molar-refractivity contribution in [1.29, 1.82) is 0 Å². The van der Waals surface area contributed by atoms with E-state index in [2.05, 4.69) is 5.32 Å². The number of carboxylic acids is 1. The zero-order valence-corrected chi connectivity index (χ0v) is 10.1. The Hall–Kier alpha value is -2.75. The number of benzene rings is 1. The number of nitrogens with zero attached hydrogens (tertiary/aromatic N) is 2. The molecule has 10 nitrogen and oxygen atoms in total. The number of carbonyl (C=O) groups excluding carboxylic acids is 1. The summed E-state index contributed by atoms with van der Waals surface area (Å²) in [5.74, 6) is -1.77. The van der Waals surface area contributed by atoms with Gasteiger partial charge in [0.25, 0.3) is 11.4 Å². The summed E-state index contributed by atoms with van der Waals surface area (Å²) in [7, 11) is 0. The number of hydrogen-bond donors (Lipinski definition) is 2. The van der Waals surface area contributed by atoms with Crippen molar-refractivity contribution in [3.05, 3.63) is 37.9 Å². The molecule has 0 radical (unpaired) electrons. The lowest BCUT2D eigenvalue weighted by Crippen LogP contribution is -2.24. The van der Waals surface area contributed by atoms with Crippen molar-refractivity contribution in [2.45, 2.75) is 6.42 Å². The van der Waals surface area contributed by atoms with Crippen LogP contribution in [-0.4, -0.2) is 34.1 Å². The van der Waals surface area contributed by atoms with Crippen LogP contribution in [0.4, 0.5) is 17.1 Å². The summed E-state index contributed by atoms with van der Waals surface area (Å²) in [4.78, 5) is 30.6. The molecule has 2 N–H and O–H groups in total. The fourth-order valence-electron chi connectivity index (χ4n) is 1.50. The molecule has 1 rings (SSSR count). The summed E-state index contributed by atoms with van der Waals surface area (Å²) in [6, 6.07) is 1.34. The first-order chi connectivity index (χ1) is 9.38. The second-order valence-corrected chi connectivity index (χ2v) is 3.69. The van der Waals surface area contributed by atoms with Crippen LogP contribution in [0.3, 0.4) is 0 Å². The highest BCUT2D eigenvalue weighted by Gasteiger charge is 2.24. The summed E-state index contributed by atoms with van der Waals surface area (Å²) < 4.78 is 0. The molecule has 0 aliphatic heterocycles. The lowest BCUT2D eigenvalue weighted by Gasteiger charge is -2.12. The quantitative estimate of drug-likeness (QED) is 0.390. The number of nitro groups is 2. The van der Waals surface area contributed by atoms with Gasteiger partial charge in [0.1, 0.15) is 5.69 Å². The third-order valence-electron chi connectivity index (χ3n) is 2.37. The van der Waals surface area contributed by atoms with Crippen LogP contribution in [-0.2, 0) is 0 Å². The molecular formula is C10H10N3O7-. The minimum absolute atomic E-state index is 0.0649. The Morgan fingerprint density at radius 3 is 2.35 bits per heavy atom. The van der Waals surface area contributed by atoms with Gasteiger partial charge in [-0.2, -0.15) is 0 Å². The lowest BCUT2D eigenvalue weighted by atomic mass is 10.1. The Labute approximate surface area is 111 Å². The number of aliphatic hydroxyl groups is 1. The van der Waals surface area contributed by atoms with Crippen molar-refractivity contribution < 1.29 is 24.9 Å². The molecule has 1 aromatic rings.